The summed E-state index contributed by atoms with van der Waals surface area (Å²) in [5.74, 6) is 0.497. The third kappa shape index (κ3) is 3.85. The molecule has 2 aliphatic rings. The van der Waals surface area contributed by atoms with Crippen LogP contribution in [0.1, 0.15) is 23.4 Å². The van der Waals surface area contributed by atoms with Crippen molar-refractivity contribution < 1.29 is 17.6 Å². The first-order valence-corrected chi connectivity index (χ1v) is 12.6. The monoisotopic (exact) mass is 550 g/mol. The van der Waals surface area contributed by atoms with Crippen molar-refractivity contribution in [3.63, 3.8) is 0 Å². The minimum Gasteiger partial charge on any atom is -0.366 e. The first-order valence-electron chi connectivity index (χ1n) is 12.2. The van der Waals surface area contributed by atoms with Crippen molar-refractivity contribution in [2.75, 3.05) is 16.9 Å². The number of hydrogen-bond acceptors (Lipinski definition) is 4. The highest BCUT2D eigenvalue weighted by atomic mass is 35.5. The Morgan fingerprint density at radius 1 is 1.00 bits per heavy atom. The molecule has 39 heavy (non-hydrogen) atoms. The molecule has 1 aliphatic carbocycles. The third-order valence-electron chi connectivity index (χ3n) is 7.02. The second-order valence-corrected chi connectivity index (χ2v) is 9.81. The highest BCUT2D eigenvalue weighted by Gasteiger charge is 2.31. The summed E-state index contributed by atoms with van der Waals surface area (Å²) in [6, 6.07) is 13.7. The van der Waals surface area contributed by atoms with E-state index in [0.29, 0.717) is 30.4 Å². The molecular weight excluding hydrogens is 532 g/mol. The Kier molecular flexibility index (Phi) is 5.25. The van der Waals surface area contributed by atoms with E-state index in [-0.39, 0.29) is 16.2 Å². The number of H-pyrrole nitrogens is 1. The van der Waals surface area contributed by atoms with Crippen molar-refractivity contribution in [3.05, 3.63) is 88.5 Å². The maximum absolute atomic E-state index is 14.8. The average Bonchev–Trinajstić information content (AvgIpc) is 3.62. The highest BCUT2D eigenvalue weighted by molar-refractivity contribution is 6.33. The zero-order valence-corrected chi connectivity index (χ0v) is 20.9. The lowest BCUT2D eigenvalue weighted by molar-refractivity contribution is -0.137. The maximum atomic E-state index is 14.8. The van der Waals surface area contributed by atoms with E-state index in [1.165, 1.54) is 12.1 Å². The molecule has 0 saturated heterocycles. The predicted molar refractivity (Wildman–Crippen MR) is 143 cm³/mol. The van der Waals surface area contributed by atoms with Gasteiger partial charge >= 0.3 is 6.18 Å². The van der Waals surface area contributed by atoms with Gasteiger partial charge in [-0.25, -0.2) is 14.4 Å². The van der Waals surface area contributed by atoms with E-state index in [4.69, 9.17) is 16.6 Å². The van der Waals surface area contributed by atoms with Gasteiger partial charge in [-0.2, -0.15) is 13.2 Å². The van der Waals surface area contributed by atoms with Gasteiger partial charge < -0.3 is 15.2 Å². The summed E-state index contributed by atoms with van der Waals surface area (Å²) in [6.45, 7) is 0.332. The Labute approximate surface area is 224 Å². The minimum atomic E-state index is -4.46. The first kappa shape index (κ1) is 23.8. The van der Waals surface area contributed by atoms with Crippen LogP contribution < -0.4 is 10.2 Å². The second kappa shape index (κ2) is 8.60. The van der Waals surface area contributed by atoms with Crippen LogP contribution in [-0.2, 0) is 12.6 Å². The molecule has 0 atom stereocenters. The molecule has 0 fully saturated rings. The van der Waals surface area contributed by atoms with Crippen LogP contribution in [-0.4, -0.2) is 26.2 Å². The predicted octanol–water partition coefficient (Wildman–Crippen LogP) is 7.71. The lowest BCUT2D eigenvalue weighted by Gasteiger charge is -2.20. The first-order chi connectivity index (χ1) is 18.8. The molecule has 6 nitrogen and oxygen atoms in total. The van der Waals surface area contributed by atoms with E-state index < -0.39 is 17.6 Å². The van der Waals surface area contributed by atoms with Crippen molar-refractivity contribution in [1.82, 2.24) is 19.5 Å². The van der Waals surface area contributed by atoms with Gasteiger partial charge in [0.05, 0.1) is 56.7 Å². The summed E-state index contributed by atoms with van der Waals surface area (Å²) in [5.41, 5.74) is 4.13. The van der Waals surface area contributed by atoms with Crippen LogP contribution in [0, 0.1) is 5.82 Å². The number of anilines is 3. The Bertz CT molecular complexity index is 1780. The van der Waals surface area contributed by atoms with Crippen LogP contribution in [0.3, 0.4) is 0 Å². The summed E-state index contributed by atoms with van der Waals surface area (Å²) < 4.78 is 56.6. The summed E-state index contributed by atoms with van der Waals surface area (Å²) in [5, 5.41) is 3.55. The minimum absolute atomic E-state index is 0.269. The molecule has 196 valence electrons. The van der Waals surface area contributed by atoms with Gasteiger partial charge in [0.25, 0.3) is 0 Å². The molecule has 3 heterocycles. The number of aromatic nitrogens is 4. The van der Waals surface area contributed by atoms with Crippen LogP contribution in [0.4, 0.5) is 34.6 Å². The SMILES string of the molecule is Fc1cccc(Cl)c1N1CNc2ccc(-c3nc4c(n3-c3nc5ccc(C(F)(F)F)cc5[nH]3)CCC=C4)cc21. The molecule has 0 radical (unpaired) electrons. The van der Waals surface area contributed by atoms with E-state index in [1.54, 1.807) is 17.0 Å². The van der Waals surface area contributed by atoms with Crippen molar-refractivity contribution in [1.29, 1.82) is 0 Å². The number of allylic oxidation sites excluding steroid dienone is 1. The van der Waals surface area contributed by atoms with Crippen LogP contribution in [0.5, 0.6) is 0 Å². The van der Waals surface area contributed by atoms with Gasteiger partial charge in [-0.15, -0.1) is 0 Å². The van der Waals surface area contributed by atoms with Crippen molar-refractivity contribution in [3.8, 4) is 17.3 Å². The fourth-order valence-corrected chi connectivity index (χ4v) is 5.46. The summed E-state index contributed by atoms with van der Waals surface area (Å²) in [7, 11) is 0. The van der Waals surface area contributed by atoms with Gasteiger partial charge in [0.1, 0.15) is 11.6 Å². The van der Waals surface area contributed by atoms with Crippen LogP contribution in [0.2, 0.25) is 5.02 Å². The number of para-hydroxylation sites is 1. The smallest absolute Gasteiger partial charge is 0.366 e. The Hall–Kier alpha value is -4.31. The molecule has 11 heteroatoms. The van der Waals surface area contributed by atoms with Gasteiger partial charge in [-0.1, -0.05) is 23.7 Å². The van der Waals surface area contributed by atoms with Gasteiger partial charge in [-0.05, 0) is 67.4 Å². The number of benzene rings is 3. The Balaban J connectivity index is 1.39. The molecule has 1 aliphatic heterocycles. The quantitative estimate of drug-likeness (QED) is 0.226. The zero-order chi connectivity index (χ0) is 26.9. The topological polar surface area (TPSA) is 61.8 Å². The van der Waals surface area contributed by atoms with Gasteiger partial charge in [0.15, 0.2) is 0 Å². The third-order valence-corrected chi connectivity index (χ3v) is 7.32. The number of alkyl halides is 3. The molecular formula is C28H19ClF4N6. The zero-order valence-electron chi connectivity index (χ0n) is 20.2. The standard InChI is InChI=1S/C28H19ClF4N6/c29-17-4-3-5-18(30)25(17)38-14-34-20-10-8-15(12-24(20)38)26-35-21-6-1-2-7-23(21)39(26)27-36-19-11-9-16(28(31,32)33)13-22(19)37-27/h1,3-6,8-13,34H,2,7,14H2,(H,36,37). The van der Waals surface area contributed by atoms with Crippen LogP contribution >= 0.6 is 11.6 Å². The number of nitrogens with one attached hydrogen (secondary N) is 2. The molecule has 2 aromatic heterocycles. The van der Waals surface area contributed by atoms with Crippen molar-refractivity contribution in [2.24, 2.45) is 0 Å². The van der Waals surface area contributed by atoms with Crippen LogP contribution in [0.25, 0.3) is 34.4 Å². The number of imidazole rings is 2. The van der Waals surface area contributed by atoms with E-state index >= 15 is 0 Å². The molecule has 0 amide bonds. The van der Waals surface area contributed by atoms with E-state index in [2.05, 4.69) is 15.3 Å². The molecule has 7 rings (SSSR count). The largest absolute Gasteiger partial charge is 0.416 e. The summed E-state index contributed by atoms with van der Waals surface area (Å²) in [4.78, 5) is 14.3. The number of rotatable bonds is 3. The number of nitrogens with zero attached hydrogens (tertiary/aromatic N) is 4. The fraction of sp³-hybridized carbons (Fsp3) is 0.143. The number of fused-ring (bicyclic) bond motifs is 3. The molecule has 0 saturated carbocycles. The van der Waals surface area contributed by atoms with Gasteiger partial charge in [0.2, 0.25) is 5.95 Å². The molecule has 3 aromatic carbocycles. The molecule has 0 unspecified atom stereocenters. The van der Waals surface area contributed by atoms with E-state index in [0.717, 1.165) is 46.9 Å². The number of hydrogen-bond donors (Lipinski definition) is 2. The average molecular weight is 551 g/mol. The molecule has 2 N–H and O–H groups in total. The van der Waals surface area contributed by atoms with Crippen molar-refractivity contribution in [2.45, 2.75) is 19.0 Å². The lowest BCUT2D eigenvalue weighted by Crippen LogP contribution is -2.18. The number of aromatic amines is 1. The Morgan fingerprint density at radius 3 is 2.69 bits per heavy atom. The lowest BCUT2D eigenvalue weighted by atomic mass is 10.1. The van der Waals surface area contributed by atoms with Gasteiger partial charge in [-0.3, -0.25) is 4.57 Å². The Morgan fingerprint density at radius 2 is 1.87 bits per heavy atom. The molecule has 0 bridgehead atoms. The maximum Gasteiger partial charge on any atom is 0.416 e. The molecule has 0 spiro atoms. The van der Waals surface area contributed by atoms with E-state index in [9.17, 15) is 17.6 Å². The molecule has 5 aromatic rings. The van der Waals surface area contributed by atoms with Crippen LogP contribution in [0.15, 0.2) is 60.7 Å². The van der Waals surface area contributed by atoms with Gasteiger partial charge in [0, 0.05) is 5.56 Å². The number of halogens is 5. The normalized spacial score (nSPS) is 14.5. The van der Waals surface area contributed by atoms with E-state index in [1.807, 2.05) is 34.9 Å². The van der Waals surface area contributed by atoms with Crippen molar-refractivity contribution >= 4 is 45.8 Å². The summed E-state index contributed by atoms with van der Waals surface area (Å²) >= 11 is 6.37. The fourth-order valence-electron chi connectivity index (χ4n) is 5.20. The second-order valence-electron chi connectivity index (χ2n) is 9.40. The summed E-state index contributed by atoms with van der Waals surface area (Å²) in [6.07, 6.45) is 0.988. The highest BCUT2D eigenvalue weighted by Crippen LogP contribution is 2.43.